The standard InChI is InChI=1S/C19H20Cl2N2O2/c1-4-23(3)12-22-18-10-16(20)15(9-17(18)21)19(24)25-11-14-8-6-5-7-13(14)2/h5-10,12H,4,11H2,1-3H3. The molecule has 0 spiro atoms. The molecule has 0 heterocycles. The molecule has 25 heavy (non-hydrogen) atoms. The Morgan fingerprint density at radius 2 is 1.96 bits per heavy atom. The molecular formula is C19H20Cl2N2O2. The number of ether oxygens (including phenoxy) is 1. The fraction of sp³-hybridized carbons (Fsp3) is 0.263. The van der Waals surface area contributed by atoms with E-state index in [0.29, 0.717) is 10.7 Å². The van der Waals surface area contributed by atoms with Crippen molar-refractivity contribution in [1.82, 2.24) is 4.90 Å². The van der Waals surface area contributed by atoms with Gasteiger partial charge in [-0.2, -0.15) is 0 Å². The topological polar surface area (TPSA) is 41.9 Å². The van der Waals surface area contributed by atoms with E-state index in [1.807, 2.05) is 50.1 Å². The second-order valence-corrected chi connectivity index (χ2v) is 6.42. The summed E-state index contributed by atoms with van der Waals surface area (Å²) in [6, 6.07) is 10.8. The normalized spacial score (nSPS) is 10.9. The molecule has 0 saturated heterocycles. The molecule has 2 aromatic rings. The van der Waals surface area contributed by atoms with E-state index >= 15 is 0 Å². The number of aliphatic imine (C=N–C) groups is 1. The molecule has 0 aliphatic carbocycles. The molecule has 0 atom stereocenters. The molecule has 0 amide bonds. The maximum absolute atomic E-state index is 12.3. The van der Waals surface area contributed by atoms with Crippen molar-refractivity contribution in [3.63, 3.8) is 0 Å². The minimum absolute atomic E-state index is 0.181. The molecule has 0 N–H and O–H groups in total. The first kappa shape index (κ1) is 19.3. The van der Waals surface area contributed by atoms with E-state index in [4.69, 9.17) is 27.9 Å². The largest absolute Gasteiger partial charge is 0.457 e. The molecule has 2 aromatic carbocycles. The Morgan fingerprint density at radius 1 is 1.24 bits per heavy atom. The third-order valence-corrected chi connectivity index (χ3v) is 4.38. The van der Waals surface area contributed by atoms with Crippen molar-refractivity contribution < 1.29 is 9.53 Å². The Balaban J connectivity index is 2.13. The van der Waals surface area contributed by atoms with Gasteiger partial charge in [0.1, 0.15) is 6.61 Å². The molecule has 0 unspecified atom stereocenters. The van der Waals surface area contributed by atoms with Crippen LogP contribution in [0.2, 0.25) is 10.0 Å². The van der Waals surface area contributed by atoms with E-state index in [-0.39, 0.29) is 17.2 Å². The number of nitrogens with zero attached hydrogens (tertiary/aromatic N) is 2. The van der Waals surface area contributed by atoms with Crippen LogP contribution in [0, 0.1) is 6.92 Å². The zero-order valence-corrected chi connectivity index (χ0v) is 15.9. The van der Waals surface area contributed by atoms with Gasteiger partial charge in [0.2, 0.25) is 0 Å². The number of benzene rings is 2. The fourth-order valence-electron chi connectivity index (χ4n) is 2.03. The Morgan fingerprint density at radius 3 is 2.64 bits per heavy atom. The number of rotatable bonds is 6. The summed E-state index contributed by atoms with van der Waals surface area (Å²) in [7, 11) is 1.90. The highest BCUT2D eigenvalue weighted by Gasteiger charge is 2.15. The number of carbonyl (C=O) groups excluding carboxylic acids is 1. The Bertz CT molecular complexity index is 791. The van der Waals surface area contributed by atoms with Gasteiger partial charge in [0.15, 0.2) is 0 Å². The number of hydrogen-bond donors (Lipinski definition) is 0. The SMILES string of the molecule is CCN(C)C=Nc1cc(Cl)c(C(=O)OCc2ccccc2C)cc1Cl. The highest BCUT2D eigenvalue weighted by atomic mass is 35.5. The van der Waals surface area contributed by atoms with E-state index in [2.05, 4.69) is 4.99 Å². The van der Waals surface area contributed by atoms with Crippen molar-refractivity contribution in [2.24, 2.45) is 4.99 Å². The molecule has 0 bridgehead atoms. The number of aryl methyl sites for hydroxylation is 1. The van der Waals surface area contributed by atoms with Crippen LogP contribution in [0.4, 0.5) is 5.69 Å². The lowest BCUT2D eigenvalue weighted by atomic mass is 10.1. The molecule has 2 rings (SSSR count). The Kier molecular flexibility index (Phi) is 6.85. The van der Waals surface area contributed by atoms with Crippen molar-refractivity contribution in [2.75, 3.05) is 13.6 Å². The van der Waals surface area contributed by atoms with Crippen LogP contribution in [0.25, 0.3) is 0 Å². The maximum Gasteiger partial charge on any atom is 0.340 e. The second kappa shape index (κ2) is 8.88. The Labute approximate surface area is 158 Å². The van der Waals surface area contributed by atoms with Gasteiger partial charge in [-0.3, -0.25) is 0 Å². The average Bonchev–Trinajstić information content (AvgIpc) is 2.60. The van der Waals surface area contributed by atoms with Gasteiger partial charge in [0.05, 0.1) is 27.6 Å². The third-order valence-electron chi connectivity index (χ3n) is 3.77. The smallest absolute Gasteiger partial charge is 0.340 e. The Hall–Kier alpha value is -2.04. The van der Waals surface area contributed by atoms with Crippen LogP contribution in [-0.4, -0.2) is 30.8 Å². The molecule has 0 fully saturated rings. The summed E-state index contributed by atoms with van der Waals surface area (Å²) in [5.74, 6) is -0.517. The predicted octanol–water partition coefficient (Wildman–Crippen LogP) is 5.27. The number of hydrogen-bond acceptors (Lipinski definition) is 3. The van der Waals surface area contributed by atoms with Crippen LogP contribution >= 0.6 is 23.2 Å². The molecule has 0 radical (unpaired) electrons. The highest BCUT2D eigenvalue weighted by molar-refractivity contribution is 6.37. The summed E-state index contributed by atoms with van der Waals surface area (Å²) in [4.78, 5) is 18.5. The monoisotopic (exact) mass is 378 g/mol. The molecule has 0 saturated carbocycles. The van der Waals surface area contributed by atoms with Crippen LogP contribution in [0.3, 0.4) is 0 Å². The quantitative estimate of drug-likeness (QED) is 0.390. The lowest BCUT2D eigenvalue weighted by molar-refractivity contribution is 0.0472. The molecule has 6 heteroatoms. The first-order chi connectivity index (χ1) is 11.9. The molecule has 0 aromatic heterocycles. The van der Waals surface area contributed by atoms with Gasteiger partial charge in [0.25, 0.3) is 0 Å². The number of carbonyl (C=O) groups is 1. The first-order valence-electron chi connectivity index (χ1n) is 7.87. The second-order valence-electron chi connectivity index (χ2n) is 5.60. The van der Waals surface area contributed by atoms with Gasteiger partial charge >= 0.3 is 5.97 Å². The number of halogens is 2. The van der Waals surface area contributed by atoms with Crippen molar-refractivity contribution >= 4 is 41.2 Å². The molecule has 0 aliphatic rings. The van der Waals surface area contributed by atoms with E-state index in [1.165, 1.54) is 6.07 Å². The summed E-state index contributed by atoms with van der Waals surface area (Å²) >= 11 is 12.4. The zero-order valence-electron chi connectivity index (χ0n) is 14.4. The summed E-state index contributed by atoms with van der Waals surface area (Å²) in [5.41, 5.74) is 2.73. The molecular weight excluding hydrogens is 359 g/mol. The van der Waals surface area contributed by atoms with Crippen molar-refractivity contribution in [1.29, 1.82) is 0 Å². The van der Waals surface area contributed by atoms with Crippen molar-refractivity contribution in [3.05, 3.63) is 63.1 Å². The lowest BCUT2D eigenvalue weighted by Crippen LogP contribution is -2.14. The van der Waals surface area contributed by atoms with Gasteiger partial charge in [-0.15, -0.1) is 0 Å². The summed E-state index contributed by atoms with van der Waals surface area (Å²) in [5, 5.41) is 0.596. The summed E-state index contributed by atoms with van der Waals surface area (Å²) < 4.78 is 5.36. The van der Waals surface area contributed by atoms with Crippen molar-refractivity contribution in [2.45, 2.75) is 20.5 Å². The number of esters is 1. The molecule has 132 valence electrons. The minimum atomic E-state index is -0.517. The molecule has 0 aliphatic heterocycles. The van der Waals surface area contributed by atoms with Crippen molar-refractivity contribution in [3.8, 4) is 0 Å². The van der Waals surface area contributed by atoms with Crippen LogP contribution in [0.15, 0.2) is 41.4 Å². The van der Waals surface area contributed by atoms with Gasteiger partial charge in [-0.1, -0.05) is 47.5 Å². The van der Waals surface area contributed by atoms with Crippen LogP contribution in [0.1, 0.15) is 28.4 Å². The third kappa shape index (κ3) is 5.21. The fourth-order valence-corrected chi connectivity index (χ4v) is 2.47. The van der Waals surface area contributed by atoms with Crippen LogP contribution in [-0.2, 0) is 11.3 Å². The highest BCUT2D eigenvalue weighted by Crippen LogP contribution is 2.32. The minimum Gasteiger partial charge on any atom is -0.457 e. The summed E-state index contributed by atoms with van der Waals surface area (Å²) in [6.07, 6.45) is 1.66. The summed E-state index contributed by atoms with van der Waals surface area (Å²) in [6.45, 7) is 4.97. The van der Waals surface area contributed by atoms with Gasteiger partial charge in [-0.05, 0) is 37.1 Å². The van der Waals surface area contributed by atoms with E-state index in [1.54, 1.807) is 12.4 Å². The zero-order chi connectivity index (χ0) is 18.4. The maximum atomic E-state index is 12.3. The average molecular weight is 379 g/mol. The van der Waals surface area contributed by atoms with Crippen LogP contribution in [0.5, 0.6) is 0 Å². The molecule has 4 nitrogen and oxygen atoms in total. The van der Waals surface area contributed by atoms with E-state index in [9.17, 15) is 4.79 Å². The lowest BCUT2D eigenvalue weighted by Gasteiger charge is -2.11. The van der Waals surface area contributed by atoms with Crippen LogP contribution < -0.4 is 0 Å². The van der Waals surface area contributed by atoms with Gasteiger partial charge < -0.3 is 9.64 Å². The predicted molar refractivity (Wildman–Crippen MR) is 103 cm³/mol. The van der Waals surface area contributed by atoms with E-state index < -0.39 is 5.97 Å². The van der Waals surface area contributed by atoms with E-state index in [0.717, 1.165) is 17.7 Å². The first-order valence-corrected chi connectivity index (χ1v) is 8.63. The van der Waals surface area contributed by atoms with Gasteiger partial charge in [-0.25, -0.2) is 9.79 Å². The van der Waals surface area contributed by atoms with Gasteiger partial charge in [0, 0.05) is 13.6 Å².